The minimum atomic E-state index is 0.615. The molecule has 1 fully saturated rings. The summed E-state index contributed by atoms with van der Waals surface area (Å²) in [5.74, 6) is 2.56. The van der Waals surface area contributed by atoms with E-state index in [-0.39, 0.29) is 0 Å². The van der Waals surface area contributed by atoms with E-state index in [1.54, 1.807) is 6.20 Å². The molecule has 2 aromatic rings. The summed E-state index contributed by atoms with van der Waals surface area (Å²) in [5.41, 5.74) is 8.15. The fourth-order valence-corrected chi connectivity index (χ4v) is 2.31. The van der Waals surface area contributed by atoms with Gasteiger partial charge in [-0.1, -0.05) is 6.92 Å². The van der Waals surface area contributed by atoms with Crippen molar-refractivity contribution in [1.29, 1.82) is 0 Å². The van der Waals surface area contributed by atoms with E-state index in [0.29, 0.717) is 5.92 Å². The van der Waals surface area contributed by atoms with Gasteiger partial charge in [-0.25, -0.2) is 4.98 Å². The van der Waals surface area contributed by atoms with Crippen LogP contribution in [-0.2, 0) is 6.54 Å². The number of aromatic nitrogens is 3. The molecule has 0 amide bonds. The predicted molar refractivity (Wildman–Crippen MR) is 72.1 cm³/mol. The van der Waals surface area contributed by atoms with Crippen LogP contribution in [0.15, 0.2) is 24.5 Å². The Hall–Kier alpha value is -1.84. The molecule has 2 aromatic heterocycles. The number of hydrogen-bond acceptors (Lipinski definition) is 3. The van der Waals surface area contributed by atoms with E-state index in [2.05, 4.69) is 16.5 Å². The lowest BCUT2D eigenvalue weighted by molar-refractivity contribution is 0.646. The number of anilines is 1. The van der Waals surface area contributed by atoms with E-state index in [9.17, 15) is 0 Å². The van der Waals surface area contributed by atoms with Crippen molar-refractivity contribution in [2.24, 2.45) is 0 Å². The topological polar surface area (TPSA) is 56.7 Å². The van der Waals surface area contributed by atoms with Crippen LogP contribution >= 0.6 is 0 Å². The number of pyridine rings is 1. The smallest absolute Gasteiger partial charge is 0.131 e. The number of hydrogen-bond donors (Lipinski definition) is 1. The van der Waals surface area contributed by atoms with Crippen LogP contribution in [0.5, 0.6) is 0 Å². The summed E-state index contributed by atoms with van der Waals surface area (Å²) in [7, 11) is 0. The average Bonchev–Trinajstić information content (AvgIpc) is 3.19. The molecule has 4 heteroatoms. The van der Waals surface area contributed by atoms with Gasteiger partial charge in [0.1, 0.15) is 17.3 Å². The minimum absolute atomic E-state index is 0.615. The molecule has 3 rings (SSSR count). The zero-order valence-electron chi connectivity index (χ0n) is 10.6. The molecule has 0 radical (unpaired) electrons. The first kappa shape index (κ1) is 11.3. The zero-order chi connectivity index (χ0) is 12.5. The number of nitrogen functional groups attached to an aromatic ring is 1. The van der Waals surface area contributed by atoms with E-state index in [0.717, 1.165) is 35.9 Å². The highest BCUT2D eigenvalue weighted by atomic mass is 15.1. The molecular weight excluding hydrogens is 224 g/mol. The molecule has 1 aliphatic rings. The SMILES string of the molecule is CCCn1c(C2CC2)nc(-c2cccnc2)c1N. The van der Waals surface area contributed by atoms with Gasteiger partial charge in [-0.3, -0.25) is 4.98 Å². The predicted octanol–water partition coefficient (Wildman–Crippen LogP) is 2.81. The van der Waals surface area contributed by atoms with Crippen LogP contribution in [0.1, 0.15) is 37.9 Å². The Morgan fingerprint density at radius 1 is 1.44 bits per heavy atom. The Bertz CT molecular complexity index is 540. The van der Waals surface area contributed by atoms with Crippen molar-refractivity contribution in [1.82, 2.24) is 14.5 Å². The Kier molecular flexibility index (Phi) is 2.78. The van der Waals surface area contributed by atoms with Gasteiger partial charge < -0.3 is 10.3 Å². The first-order valence-corrected chi connectivity index (χ1v) is 6.57. The van der Waals surface area contributed by atoms with Crippen LogP contribution in [0, 0.1) is 0 Å². The Morgan fingerprint density at radius 3 is 2.89 bits per heavy atom. The summed E-state index contributed by atoms with van der Waals surface area (Å²) in [6.07, 6.45) is 7.16. The van der Waals surface area contributed by atoms with Crippen LogP contribution in [0.3, 0.4) is 0 Å². The molecule has 0 bridgehead atoms. The van der Waals surface area contributed by atoms with E-state index in [4.69, 9.17) is 10.7 Å². The van der Waals surface area contributed by atoms with Crippen molar-refractivity contribution in [3.8, 4) is 11.3 Å². The summed E-state index contributed by atoms with van der Waals surface area (Å²) in [5, 5.41) is 0. The molecule has 0 aliphatic heterocycles. The first-order valence-electron chi connectivity index (χ1n) is 6.57. The third kappa shape index (κ3) is 1.88. The summed E-state index contributed by atoms with van der Waals surface area (Å²) in [4.78, 5) is 8.90. The molecule has 94 valence electrons. The second-order valence-electron chi connectivity index (χ2n) is 4.87. The van der Waals surface area contributed by atoms with Gasteiger partial charge in [0.05, 0.1) is 0 Å². The van der Waals surface area contributed by atoms with Crippen LogP contribution in [0.25, 0.3) is 11.3 Å². The van der Waals surface area contributed by atoms with E-state index in [1.165, 1.54) is 12.8 Å². The molecule has 18 heavy (non-hydrogen) atoms. The molecule has 0 spiro atoms. The third-order valence-corrected chi connectivity index (χ3v) is 3.36. The molecule has 1 saturated carbocycles. The van der Waals surface area contributed by atoms with E-state index < -0.39 is 0 Å². The maximum atomic E-state index is 6.26. The Balaban J connectivity index is 2.07. The van der Waals surface area contributed by atoms with Gasteiger partial charge in [0.2, 0.25) is 0 Å². The Labute approximate surface area is 107 Å². The third-order valence-electron chi connectivity index (χ3n) is 3.36. The van der Waals surface area contributed by atoms with Crippen LogP contribution in [0.4, 0.5) is 5.82 Å². The van der Waals surface area contributed by atoms with Gasteiger partial charge in [0.25, 0.3) is 0 Å². The first-order chi connectivity index (χ1) is 8.81. The maximum Gasteiger partial charge on any atom is 0.131 e. The highest BCUT2D eigenvalue weighted by Crippen LogP contribution is 2.42. The van der Waals surface area contributed by atoms with Crippen molar-refractivity contribution >= 4 is 5.82 Å². The van der Waals surface area contributed by atoms with Crippen molar-refractivity contribution in [3.63, 3.8) is 0 Å². The molecule has 0 aromatic carbocycles. The summed E-state index contributed by atoms with van der Waals surface area (Å²) < 4.78 is 2.18. The maximum absolute atomic E-state index is 6.26. The van der Waals surface area contributed by atoms with Crippen LogP contribution in [-0.4, -0.2) is 14.5 Å². The average molecular weight is 242 g/mol. The molecular formula is C14H18N4. The zero-order valence-corrected chi connectivity index (χ0v) is 10.6. The van der Waals surface area contributed by atoms with Gasteiger partial charge in [0, 0.05) is 30.4 Å². The fourth-order valence-electron chi connectivity index (χ4n) is 2.31. The lowest BCUT2D eigenvalue weighted by Gasteiger charge is -2.07. The van der Waals surface area contributed by atoms with Crippen molar-refractivity contribution in [2.45, 2.75) is 38.6 Å². The molecule has 4 nitrogen and oxygen atoms in total. The van der Waals surface area contributed by atoms with Crippen LogP contribution in [0.2, 0.25) is 0 Å². The highest BCUT2D eigenvalue weighted by molar-refractivity contribution is 5.70. The van der Waals surface area contributed by atoms with E-state index >= 15 is 0 Å². The fraction of sp³-hybridized carbons (Fsp3) is 0.429. The quantitative estimate of drug-likeness (QED) is 0.896. The lowest BCUT2D eigenvalue weighted by atomic mass is 10.2. The van der Waals surface area contributed by atoms with Gasteiger partial charge >= 0.3 is 0 Å². The molecule has 0 saturated heterocycles. The molecule has 2 N–H and O–H groups in total. The monoisotopic (exact) mass is 242 g/mol. The van der Waals surface area contributed by atoms with Gasteiger partial charge in [-0.05, 0) is 31.4 Å². The lowest BCUT2D eigenvalue weighted by Crippen LogP contribution is -2.06. The number of rotatable bonds is 4. The summed E-state index contributed by atoms with van der Waals surface area (Å²) >= 11 is 0. The minimum Gasteiger partial charge on any atom is -0.383 e. The largest absolute Gasteiger partial charge is 0.383 e. The van der Waals surface area contributed by atoms with Crippen LogP contribution < -0.4 is 5.73 Å². The molecule has 1 aliphatic carbocycles. The van der Waals surface area contributed by atoms with Crippen molar-refractivity contribution in [2.75, 3.05) is 5.73 Å². The summed E-state index contributed by atoms with van der Waals surface area (Å²) in [6.45, 7) is 3.12. The second-order valence-corrected chi connectivity index (χ2v) is 4.87. The highest BCUT2D eigenvalue weighted by Gasteiger charge is 2.30. The van der Waals surface area contributed by atoms with Gasteiger partial charge in [-0.2, -0.15) is 0 Å². The standard InChI is InChI=1S/C14H18N4/c1-2-8-18-13(15)12(11-4-3-7-16-9-11)17-14(18)10-5-6-10/h3-4,7,9-10H,2,5-6,8,15H2,1H3. The van der Waals surface area contributed by atoms with Crippen molar-refractivity contribution in [3.05, 3.63) is 30.4 Å². The normalized spacial score (nSPS) is 14.9. The summed E-state index contributed by atoms with van der Waals surface area (Å²) in [6, 6.07) is 3.93. The second kappa shape index (κ2) is 4.44. The van der Waals surface area contributed by atoms with Crippen molar-refractivity contribution < 1.29 is 0 Å². The molecule has 2 heterocycles. The van der Waals surface area contributed by atoms with Gasteiger partial charge in [-0.15, -0.1) is 0 Å². The number of nitrogens with zero attached hydrogens (tertiary/aromatic N) is 3. The van der Waals surface area contributed by atoms with E-state index in [1.807, 2.05) is 18.3 Å². The number of imidazole rings is 1. The molecule has 0 unspecified atom stereocenters. The molecule has 0 atom stereocenters. The number of nitrogens with two attached hydrogens (primary N) is 1. The Morgan fingerprint density at radius 2 is 2.28 bits per heavy atom. The van der Waals surface area contributed by atoms with Gasteiger partial charge in [0.15, 0.2) is 0 Å².